The van der Waals surface area contributed by atoms with Crippen LogP contribution < -0.4 is 14.8 Å². The second-order valence-electron chi connectivity index (χ2n) is 5.69. The number of amides is 1. The van der Waals surface area contributed by atoms with Crippen molar-refractivity contribution in [3.05, 3.63) is 71.9 Å². The molecule has 0 spiro atoms. The Hall–Kier alpha value is -3.48. The van der Waals surface area contributed by atoms with E-state index in [-0.39, 0.29) is 18.3 Å². The molecule has 3 aromatic rings. The van der Waals surface area contributed by atoms with Crippen molar-refractivity contribution in [1.29, 1.82) is 0 Å². The molecular weight excluding hydrogens is 349 g/mol. The van der Waals surface area contributed by atoms with E-state index in [2.05, 4.69) is 15.3 Å². The third-order valence-electron chi connectivity index (χ3n) is 3.91. The third kappa shape index (κ3) is 4.58. The predicted octanol–water partition coefficient (Wildman–Crippen LogP) is 3.23. The first kappa shape index (κ1) is 18.3. The first-order chi connectivity index (χ1) is 13.1. The summed E-state index contributed by atoms with van der Waals surface area (Å²) in [7, 11) is 3.04. The number of halogens is 1. The third-order valence-corrected chi connectivity index (χ3v) is 3.91. The number of nitrogens with one attached hydrogen (secondary N) is 1. The quantitative estimate of drug-likeness (QED) is 0.724. The van der Waals surface area contributed by atoms with Crippen LogP contribution in [0.3, 0.4) is 0 Å². The molecule has 6 nitrogen and oxygen atoms in total. The molecule has 1 amide bonds. The highest BCUT2D eigenvalue weighted by Gasteiger charge is 2.10. The van der Waals surface area contributed by atoms with E-state index in [1.807, 2.05) is 0 Å². The Labute approximate surface area is 156 Å². The summed E-state index contributed by atoms with van der Waals surface area (Å²) in [5.41, 5.74) is 2.47. The number of rotatable bonds is 6. The van der Waals surface area contributed by atoms with Crippen LogP contribution >= 0.6 is 0 Å². The summed E-state index contributed by atoms with van der Waals surface area (Å²) >= 11 is 0. The smallest absolute Gasteiger partial charge is 0.251 e. The minimum Gasteiger partial charge on any atom is -0.497 e. The number of nitrogens with zero attached hydrogens (tertiary/aromatic N) is 2. The van der Waals surface area contributed by atoms with Crippen molar-refractivity contribution in [3.8, 4) is 22.8 Å². The van der Waals surface area contributed by atoms with Crippen molar-refractivity contribution in [3.63, 3.8) is 0 Å². The van der Waals surface area contributed by atoms with E-state index in [1.54, 1.807) is 36.4 Å². The van der Waals surface area contributed by atoms with Gasteiger partial charge in [-0.3, -0.25) is 4.79 Å². The van der Waals surface area contributed by atoms with E-state index in [4.69, 9.17) is 9.47 Å². The van der Waals surface area contributed by atoms with Crippen LogP contribution in [0.5, 0.6) is 11.5 Å². The van der Waals surface area contributed by atoms with Crippen molar-refractivity contribution >= 4 is 5.91 Å². The molecular formula is C20H18FN3O3. The van der Waals surface area contributed by atoms with Crippen molar-refractivity contribution < 1.29 is 18.7 Å². The lowest BCUT2D eigenvalue weighted by molar-refractivity contribution is 0.0949. The second-order valence-corrected chi connectivity index (χ2v) is 5.69. The largest absolute Gasteiger partial charge is 0.497 e. The van der Waals surface area contributed by atoms with Crippen molar-refractivity contribution in [2.45, 2.75) is 6.54 Å². The van der Waals surface area contributed by atoms with Crippen molar-refractivity contribution in [2.24, 2.45) is 0 Å². The number of carbonyl (C=O) groups is 1. The van der Waals surface area contributed by atoms with Gasteiger partial charge in [0, 0.05) is 17.2 Å². The zero-order valence-electron chi connectivity index (χ0n) is 14.9. The Kier molecular flexibility index (Phi) is 5.61. The lowest BCUT2D eigenvalue weighted by Gasteiger charge is -2.09. The van der Waals surface area contributed by atoms with Gasteiger partial charge in [0.25, 0.3) is 5.91 Å². The van der Waals surface area contributed by atoms with E-state index in [9.17, 15) is 9.18 Å². The Morgan fingerprint density at radius 1 is 1.00 bits per heavy atom. The minimum atomic E-state index is -0.311. The topological polar surface area (TPSA) is 73.3 Å². The van der Waals surface area contributed by atoms with E-state index < -0.39 is 0 Å². The SMILES string of the molecule is COc1cc(OC)cc(C(=O)NCc2cc(-c3ccc(F)cc3)ncn2)c1. The Balaban J connectivity index is 1.72. The highest BCUT2D eigenvalue weighted by molar-refractivity contribution is 5.95. The van der Waals surface area contributed by atoms with E-state index in [0.717, 1.165) is 5.56 Å². The van der Waals surface area contributed by atoms with Crippen LogP contribution in [-0.2, 0) is 6.54 Å². The molecule has 0 aliphatic heterocycles. The van der Waals surface area contributed by atoms with Crippen LogP contribution in [0, 0.1) is 5.82 Å². The molecule has 0 saturated heterocycles. The fourth-order valence-electron chi connectivity index (χ4n) is 2.48. The van der Waals surface area contributed by atoms with Crippen LogP contribution in [0.15, 0.2) is 54.9 Å². The van der Waals surface area contributed by atoms with Gasteiger partial charge >= 0.3 is 0 Å². The molecule has 2 aromatic carbocycles. The maximum atomic E-state index is 13.1. The molecule has 0 unspecified atom stereocenters. The van der Waals surface area contributed by atoms with Gasteiger partial charge in [0.05, 0.1) is 32.2 Å². The Morgan fingerprint density at radius 3 is 2.30 bits per heavy atom. The number of aromatic nitrogens is 2. The summed E-state index contributed by atoms with van der Waals surface area (Å²) in [5, 5.41) is 2.81. The highest BCUT2D eigenvalue weighted by Crippen LogP contribution is 2.22. The summed E-state index contributed by atoms with van der Waals surface area (Å²) in [6, 6.07) is 12.7. The Bertz CT molecular complexity index is 923. The summed E-state index contributed by atoms with van der Waals surface area (Å²) in [6.07, 6.45) is 1.41. The van der Waals surface area contributed by atoms with Gasteiger partial charge in [-0.1, -0.05) is 0 Å². The summed E-state index contributed by atoms with van der Waals surface area (Å²) < 4.78 is 23.4. The van der Waals surface area contributed by atoms with Gasteiger partial charge in [-0.15, -0.1) is 0 Å². The molecule has 7 heteroatoms. The molecule has 0 saturated carbocycles. The average molecular weight is 367 g/mol. The maximum absolute atomic E-state index is 13.1. The fourth-order valence-corrected chi connectivity index (χ4v) is 2.48. The fraction of sp³-hybridized carbons (Fsp3) is 0.150. The van der Waals surface area contributed by atoms with Gasteiger partial charge in [-0.2, -0.15) is 0 Å². The van der Waals surface area contributed by atoms with Crippen molar-refractivity contribution in [2.75, 3.05) is 14.2 Å². The number of carbonyl (C=O) groups excluding carboxylic acids is 1. The molecule has 0 atom stereocenters. The molecule has 0 bridgehead atoms. The molecule has 3 rings (SSSR count). The van der Waals surface area contributed by atoms with Gasteiger partial charge in [0.2, 0.25) is 0 Å². The molecule has 0 aliphatic carbocycles. The number of methoxy groups -OCH3 is 2. The molecule has 138 valence electrons. The standard InChI is InChI=1S/C20H18FN3O3/c1-26-17-7-14(8-18(10-17)27-2)20(25)22-11-16-9-19(24-12-23-16)13-3-5-15(21)6-4-13/h3-10,12H,11H2,1-2H3,(H,22,25). The number of benzene rings is 2. The molecule has 0 radical (unpaired) electrons. The van der Waals surface area contributed by atoms with Gasteiger partial charge in [0.15, 0.2) is 0 Å². The zero-order valence-corrected chi connectivity index (χ0v) is 14.9. The second kappa shape index (κ2) is 8.27. The first-order valence-electron chi connectivity index (χ1n) is 8.17. The molecule has 0 fully saturated rings. The predicted molar refractivity (Wildman–Crippen MR) is 98.1 cm³/mol. The summed E-state index contributed by atoms with van der Waals surface area (Å²) in [6.45, 7) is 0.217. The number of hydrogen-bond acceptors (Lipinski definition) is 5. The van der Waals surface area contributed by atoms with E-state index >= 15 is 0 Å². The first-order valence-corrected chi connectivity index (χ1v) is 8.17. The van der Waals surface area contributed by atoms with Crippen LogP contribution in [0.4, 0.5) is 4.39 Å². The van der Waals surface area contributed by atoms with Gasteiger partial charge < -0.3 is 14.8 Å². The number of ether oxygens (including phenoxy) is 2. The van der Waals surface area contributed by atoms with Crippen LogP contribution in [-0.4, -0.2) is 30.1 Å². The normalized spacial score (nSPS) is 10.3. The lowest BCUT2D eigenvalue weighted by Crippen LogP contribution is -2.23. The molecule has 1 heterocycles. The highest BCUT2D eigenvalue weighted by atomic mass is 19.1. The molecule has 0 aliphatic rings. The van der Waals surface area contributed by atoms with Gasteiger partial charge in [0.1, 0.15) is 23.6 Å². The van der Waals surface area contributed by atoms with Crippen LogP contribution in [0.2, 0.25) is 0 Å². The number of hydrogen-bond donors (Lipinski definition) is 1. The average Bonchev–Trinajstić information content (AvgIpc) is 2.72. The minimum absolute atomic E-state index is 0.217. The van der Waals surface area contributed by atoms with Crippen LogP contribution in [0.25, 0.3) is 11.3 Å². The molecule has 1 aromatic heterocycles. The molecule has 1 N–H and O–H groups in total. The molecule has 27 heavy (non-hydrogen) atoms. The van der Waals surface area contributed by atoms with Gasteiger partial charge in [-0.25, -0.2) is 14.4 Å². The summed E-state index contributed by atoms with van der Waals surface area (Å²) in [5.74, 6) is 0.461. The Morgan fingerprint density at radius 2 is 1.67 bits per heavy atom. The monoisotopic (exact) mass is 367 g/mol. The lowest BCUT2D eigenvalue weighted by atomic mass is 10.1. The zero-order chi connectivity index (χ0) is 19.2. The van der Waals surface area contributed by atoms with Crippen LogP contribution in [0.1, 0.15) is 16.1 Å². The maximum Gasteiger partial charge on any atom is 0.251 e. The van der Waals surface area contributed by atoms with Crippen molar-refractivity contribution in [1.82, 2.24) is 15.3 Å². The van der Waals surface area contributed by atoms with Gasteiger partial charge in [-0.05, 0) is 42.5 Å². The summed E-state index contributed by atoms with van der Waals surface area (Å²) in [4.78, 5) is 20.8. The van der Waals surface area contributed by atoms with E-state index in [1.165, 1.54) is 32.7 Å². The van der Waals surface area contributed by atoms with E-state index in [0.29, 0.717) is 28.5 Å².